The zero-order valence-electron chi connectivity index (χ0n) is 13.6. The van der Waals surface area contributed by atoms with Gasteiger partial charge >= 0.3 is 0 Å². The Balaban J connectivity index is 1.70. The second-order valence-electron chi connectivity index (χ2n) is 6.18. The van der Waals surface area contributed by atoms with Crippen molar-refractivity contribution < 1.29 is 9.59 Å². The van der Waals surface area contributed by atoms with Crippen LogP contribution in [0.15, 0.2) is 18.2 Å². The topological polar surface area (TPSA) is 58.2 Å². The predicted molar refractivity (Wildman–Crippen MR) is 87.8 cm³/mol. The van der Waals surface area contributed by atoms with E-state index in [0.717, 1.165) is 31.2 Å². The second kappa shape index (κ2) is 7.97. The zero-order chi connectivity index (χ0) is 15.9. The third kappa shape index (κ3) is 4.58. The van der Waals surface area contributed by atoms with Crippen molar-refractivity contribution in [1.82, 2.24) is 10.6 Å². The Bertz CT molecular complexity index is 534. The van der Waals surface area contributed by atoms with Gasteiger partial charge in [0.2, 0.25) is 5.91 Å². The minimum Gasteiger partial charge on any atom is -0.354 e. The Morgan fingerprint density at radius 3 is 2.36 bits per heavy atom. The number of benzene rings is 1. The van der Waals surface area contributed by atoms with E-state index in [1.807, 2.05) is 32.0 Å². The molecule has 1 saturated carbocycles. The summed E-state index contributed by atoms with van der Waals surface area (Å²) >= 11 is 0. The monoisotopic (exact) mass is 302 g/mol. The van der Waals surface area contributed by atoms with Crippen molar-refractivity contribution in [2.75, 3.05) is 13.1 Å². The molecule has 120 valence electrons. The van der Waals surface area contributed by atoms with Crippen LogP contribution in [0.2, 0.25) is 0 Å². The first-order chi connectivity index (χ1) is 10.6. The van der Waals surface area contributed by atoms with E-state index in [1.54, 1.807) is 0 Å². The van der Waals surface area contributed by atoms with Crippen LogP contribution in [0.4, 0.5) is 0 Å². The number of carbonyl (C=O) groups excluding carboxylic acids is 2. The van der Waals surface area contributed by atoms with Gasteiger partial charge in [0.05, 0.1) is 0 Å². The molecule has 1 aromatic rings. The highest BCUT2D eigenvalue weighted by Gasteiger charge is 2.20. The van der Waals surface area contributed by atoms with E-state index < -0.39 is 0 Å². The molecule has 0 radical (unpaired) electrons. The summed E-state index contributed by atoms with van der Waals surface area (Å²) in [5.74, 6) is 0.222. The van der Waals surface area contributed by atoms with Gasteiger partial charge in [-0.2, -0.15) is 0 Å². The van der Waals surface area contributed by atoms with Gasteiger partial charge in [0.1, 0.15) is 0 Å². The van der Waals surface area contributed by atoms with E-state index >= 15 is 0 Å². The molecule has 0 heterocycles. The summed E-state index contributed by atoms with van der Waals surface area (Å²) in [6, 6.07) is 5.68. The molecule has 1 aliphatic rings. The minimum atomic E-state index is -0.0879. The quantitative estimate of drug-likeness (QED) is 0.822. The lowest BCUT2D eigenvalue weighted by Gasteiger charge is -2.20. The molecule has 1 aromatic carbocycles. The summed E-state index contributed by atoms with van der Waals surface area (Å²) in [5, 5.41) is 5.78. The summed E-state index contributed by atoms with van der Waals surface area (Å²) < 4.78 is 0. The maximum absolute atomic E-state index is 12.0. The molecule has 0 saturated heterocycles. The number of carbonyl (C=O) groups is 2. The molecular formula is C18H26N2O2. The van der Waals surface area contributed by atoms with Crippen LogP contribution < -0.4 is 10.6 Å². The van der Waals surface area contributed by atoms with Crippen LogP contribution in [0.25, 0.3) is 0 Å². The minimum absolute atomic E-state index is 0.0879. The van der Waals surface area contributed by atoms with Crippen LogP contribution in [0, 0.1) is 19.8 Å². The molecule has 4 heteroatoms. The van der Waals surface area contributed by atoms with Gasteiger partial charge in [0.15, 0.2) is 0 Å². The Labute approximate surface area is 132 Å². The Morgan fingerprint density at radius 1 is 1.00 bits per heavy atom. The highest BCUT2D eigenvalue weighted by molar-refractivity contribution is 5.94. The molecule has 2 amide bonds. The van der Waals surface area contributed by atoms with Gasteiger partial charge < -0.3 is 10.6 Å². The van der Waals surface area contributed by atoms with Crippen LogP contribution in [0.3, 0.4) is 0 Å². The molecule has 1 aliphatic carbocycles. The van der Waals surface area contributed by atoms with Gasteiger partial charge in [0, 0.05) is 24.6 Å². The van der Waals surface area contributed by atoms with Crippen molar-refractivity contribution in [3.8, 4) is 0 Å². The Morgan fingerprint density at radius 2 is 1.68 bits per heavy atom. The molecule has 0 unspecified atom stereocenters. The van der Waals surface area contributed by atoms with E-state index in [-0.39, 0.29) is 17.7 Å². The van der Waals surface area contributed by atoms with Crippen molar-refractivity contribution in [3.63, 3.8) is 0 Å². The van der Waals surface area contributed by atoms with E-state index in [9.17, 15) is 9.59 Å². The summed E-state index contributed by atoms with van der Waals surface area (Å²) in [7, 11) is 0. The molecule has 0 spiro atoms. The normalized spacial score (nSPS) is 15.4. The van der Waals surface area contributed by atoms with E-state index in [4.69, 9.17) is 0 Å². The fraction of sp³-hybridized carbons (Fsp3) is 0.556. The van der Waals surface area contributed by atoms with Crippen molar-refractivity contribution in [3.05, 3.63) is 34.9 Å². The van der Waals surface area contributed by atoms with Crippen LogP contribution in [0.1, 0.15) is 53.6 Å². The summed E-state index contributed by atoms with van der Waals surface area (Å²) in [6.07, 6.45) is 5.56. The van der Waals surface area contributed by atoms with Gasteiger partial charge in [-0.25, -0.2) is 0 Å². The fourth-order valence-corrected chi connectivity index (χ4v) is 2.86. The predicted octanol–water partition coefficient (Wildman–Crippen LogP) is 2.73. The van der Waals surface area contributed by atoms with Crippen molar-refractivity contribution in [2.24, 2.45) is 5.92 Å². The molecular weight excluding hydrogens is 276 g/mol. The maximum atomic E-state index is 12.0. The molecule has 0 aliphatic heterocycles. The Kier molecular flexibility index (Phi) is 5.99. The van der Waals surface area contributed by atoms with Crippen LogP contribution in [-0.2, 0) is 4.79 Å². The van der Waals surface area contributed by atoms with Crippen molar-refractivity contribution in [2.45, 2.75) is 46.0 Å². The average Bonchev–Trinajstić information content (AvgIpc) is 2.54. The molecule has 4 nitrogen and oxygen atoms in total. The Hall–Kier alpha value is -1.84. The lowest BCUT2D eigenvalue weighted by Crippen LogP contribution is -2.38. The molecule has 0 atom stereocenters. The van der Waals surface area contributed by atoms with Gasteiger partial charge in [-0.1, -0.05) is 25.3 Å². The molecule has 0 bridgehead atoms. The molecule has 2 rings (SSSR count). The maximum Gasteiger partial charge on any atom is 0.251 e. The number of rotatable bonds is 5. The second-order valence-corrected chi connectivity index (χ2v) is 6.18. The fourth-order valence-electron chi connectivity index (χ4n) is 2.86. The first-order valence-electron chi connectivity index (χ1n) is 8.21. The highest BCUT2D eigenvalue weighted by atomic mass is 16.2. The van der Waals surface area contributed by atoms with Crippen LogP contribution >= 0.6 is 0 Å². The van der Waals surface area contributed by atoms with E-state index in [2.05, 4.69) is 10.6 Å². The third-order valence-corrected chi connectivity index (χ3v) is 4.45. The van der Waals surface area contributed by atoms with Gasteiger partial charge in [-0.15, -0.1) is 0 Å². The molecule has 0 aromatic heterocycles. The number of amides is 2. The number of aryl methyl sites for hydroxylation is 2. The molecule has 2 N–H and O–H groups in total. The number of hydrogen-bond donors (Lipinski definition) is 2. The van der Waals surface area contributed by atoms with E-state index in [0.29, 0.717) is 18.7 Å². The van der Waals surface area contributed by atoms with Crippen molar-refractivity contribution in [1.29, 1.82) is 0 Å². The van der Waals surface area contributed by atoms with Gasteiger partial charge in [-0.05, 0) is 49.9 Å². The summed E-state index contributed by atoms with van der Waals surface area (Å²) in [5.41, 5.74) is 2.95. The molecule has 22 heavy (non-hydrogen) atoms. The lowest BCUT2D eigenvalue weighted by atomic mass is 9.89. The van der Waals surface area contributed by atoms with Crippen LogP contribution in [0.5, 0.6) is 0 Å². The number of nitrogens with one attached hydrogen (secondary N) is 2. The lowest BCUT2D eigenvalue weighted by molar-refractivity contribution is -0.125. The van der Waals surface area contributed by atoms with E-state index in [1.165, 1.54) is 12.0 Å². The van der Waals surface area contributed by atoms with Crippen molar-refractivity contribution >= 4 is 11.8 Å². The smallest absolute Gasteiger partial charge is 0.251 e. The molecule has 1 fully saturated rings. The number of hydrogen-bond acceptors (Lipinski definition) is 2. The summed E-state index contributed by atoms with van der Waals surface area (Å²) in [4.78, 5) is 24.0. The first kappa shape index (κ1) is 16.5. The zero-order valence-corrected chi connectivity index (χ0v) is 13.6. The van der Waals surface area contributed by atoms with Gasteiger partial charge in [-0.3, -0.25) is 9.59 Å². The third-order valence-electron chi connectivity index (χ3n) is 4.45. The first-order valence-corrected chi connectivity index (χ1v) is 8.21. The highest BCUT2D eigenvalue weighted by Crippen LogP contribution is 2.23. The summed E-state index contributed by atoms with van der Waals surface area (Å²) in [6.45, 7) is 4.98. The largest absolute Gasteiger partial charge is 0.354 e. The standard InChI is InChI=1S/C18H26N2O2/c1-13-8-9-16(12-14(13)2)18(22)20-11-10-19-17(21)15-6-4-3-5-7-15/h8-9,12,15H,3-7,10-11H2,1-2H3,(H,19,21)(H,20,22). The van der Waals surface area contributed by atoms with Gasteiger partial charge in [0.25, 0.3) is 5.91 Å². The SMILES string of the molecule is Cc1ccc(C(=O)NCCNC(=O)C2CCCCC2)cc1C. The van der Waals surface area contributed by atoms with Crippen LogP contribution in [-0.4, -0.2) is 24.9 Å². The average molecular weight is 302 g/mol.